The zero-order valence-electron chi connectivity index (χ0n) is 22.2. The number of ether oxygens (including phenoxy) is 2. The molecule has 1 aromatic carbocycles. The van der Waals surface area contributed by atoms with E-state index < -0.39 is 5.60 Å². The zero-order valence-corrected chi connectivity index (χ0v) is 22.2. The number of H-pyrrole nitrogens is 1. The SMILES string of the molecule is COc1cnccc1-c1ccc2nc(Nc3cc(CN4CCN(C(=O)C(C)(C)OC)CC4)ccn3)[nH]c2c1. The Morgan fingerprint density at radius 3 is 2.66 bits per heavy atom. The predicted octanol–water partition coefficient (Wildman–Crippen LogP) is 3.84. The summed E-state index contributed by atoms with van der Waals surface area (Å²) in [5.41, 5.74) is 4.09. The normalized spacial score (nSPS) is 14.6. The molecule has 1 amide bonds. The third kappa shape index (κ3) is 5.46. The van der Waals surface area contributed by atoms with Crippen LogP contribution in [0.3, 0.4) is 0 Å². The van der Waals surface area contributed by atoms with Gasteiger partial charge in [-0.1, -0.05) is 6.07 Å². The molecule has 4 heterocycles. The highest BCUT2D eigenvalue weighted by Gasteiger charge is 2.33. The van der Waals surface area contributed by atoms with Crippen molar-refractivity contribution in [2.45, 2.75) is 26.0 Å². The van der Waals surface area contributed by atoms with Crippen LogP contribution in [0.15, 0.2) is 55.0 Å². The van der Waals surface area contributed by atoms with Gasteiger partial charge in [-0.05, 0) is 55.3 Å². The third-order valence-electron chi connectivity index (χ3n) is 6.96. The molecule has 1 saturated heterocycles. The summed E-state index contributed by atoms with van der Waals surface area (Å²) in [6, 6.07) is 12.0. The number of aromatic amines is 1. The molecule has 198 valence electrons. The van der Waals surface area contributed by atoms with Gasteiger partial charge in [0.25, 0.3) is 5.91 Å². The molecule has 0 atom stereocenters. The minimum absolute atomic E-state index is 0.0351. The third-order valence-corrected chi connectivity index (χ3v) is 6.96. The van der Waals surface area contributed by atoms with Gasteiger partial charge in [-0.3, -0.25) is 14.7 Å². The number of imidazole rings is 1. The Morgan fingerprint density at radius 2 is 1.89 bits per heavy atom. The van der Waals surface area contributed by atoms with Gasteiger partial charge in [0.1, 0.15) is 17.2 Å². The van der Waals surface area contributed by atoms with E-state index in [1.165, 1.54) is 0 Å². The minimum atomic E-state index is -0.794. The molecule has 1 aliphatic heterocycles. The molecule has 10 heteroatoms. The fraction of sp³-hybridized carbons (Fsp3) is 0.357. The van der Waals surface area contributed by atoms with Crippen LogP contribution in [0.2, 0.25) is 0 Å². The van der Waals surface area contributed by atoms with Crippen LogP contribution in [0.4, 0.5) is 11.8 Å². The number of piperazine rings is 1. The average molecular weight is 516 g/mol. The first-order valence-corrected chi connectivity index (χ1v) is 12.6. The monoisotopic (exact) mass is 515 g/mol. The quantitative estimate of drug-likeness (QED) is 0.364. The molecule has 0 spiro atoms. The van der Waals surface area contributed by atoms with Crippen LogP contribution in [0, 0.1) is 0 Å². The van der Waals surface area contributed by atoms with Crippen molar-refractivity contribution in [3.05, 3.63) is 60.6 Å². The van der Waals surface area contributed by atoms with Gasteiger partial charge < -0.3 is 24.7 Å². The summed E-state index contributed by atoms with van der Waals surface area (Å²) in [5.74, 6) is 2.09. The van der Waals surface area contributed by atoms with Gasteiger partial charge in [-0.25, -0.2) is 9.97 Å². The van der Waals surface area contributed by atoms with Gasteiger partial charge in [0.05, 0.1) is 24.3 Å². The van der Waals surface area contributed by atoms with Crippen molar-refractivity contribution in [2.75, 3.05) is 45.7 Å². The zero-order chi connectivity index (χ0) is 26.7. The van der Waals surface area contributed by atoms with Crippen LogP contribution in [0.1, 0.15) is 19.4 Å². The number of rotatable bonds is 8. The summed E-state index contributed by atoms with van der Waals surface area (Å²) in [7, 11) is 3.22. The Labute approximate surface area is 222 Å². The second-order valence-corrected chi connectivity index (χ2v) is 9.85. The molecular weight excluding hydrogens is 482 g/mol. The first-order valence-electron chi connectivity index (χ1n) is 12.6. The van der Waals surface area contributed by atoms with Crippen LogP contribution >= 0.6 is 0 Å². The number of hydrogen-bond acceptors (Lipinski definition) is 8. The fourth-order valence-electron chi connectivity index (χ4n) is 4.62. The second kappa shape index (κ2) is 10.8. The van der Waals surface area contributed by atoms with Crippen molar-refractivity contribution < 1.29 is 14.3 Å². The number of benzene rings is 1. The lowest BCUT2D eigenvalue weighted by atomic mass is 10.1. The minimum Gasteiger partial charge on any atom is -0.494 e. The molecule has 1 aliphatic rings. The van der Waals surface area contributed by atoms with Gasteiger partial charge in [0.15, 0.2) is 0 Å². The number of nitrogens with one attached hydrogen (secondary N) is 2. The Balaban J connectivity index is 1.24. The number of fused-ring (bicyclic) bond motifs is 1. The number of carbonyl (C=O) groups excluding carboxylic acids is 1. The molecule has 0 radical (unpaired) electrons. The van der Waals surface area contributed by atoms with Crippen molar-refractivity contribution in [1.29, 1.82) is 0 Å². The maximum atomic E-state index is 12.7. The summed E-state index contributed by atoms with van der Waals surface area (Å²) in [5, 5.41) is 3.30. The van der Waals surface area contributed by atoms with Crippen molar-refractivity contribution in [2.24, 2.45) is 0 Å². The Bertz CT molecular complexity index is 1430. The first kappa shape index (κ1) is 25.6. The Morgan fingerprint density at radius 1 is 1.08 bits per heavy atom. The average Bonchev–Trinajstić information content (AvgIpc) is 3.34. The molecule has 0 aliphatic carbocycles. The summed E-state index contributed by atoms with van der Waals surface area (Å²) < 4.78 is 10.8. The van der Waals surface area contributed by atoms with Gasteiger partial charge in [-0.15, -0.1) is 0 Å². The number of amides is 1. The lowest BCUT2D eigenvalue weighted by molar-refractivity contribution is -0.152. The number of carbonyl (C=O) groups is 1. The van der Waals surface area contributed by atoms with Gasteiger partial charge in [0.2, 0.25) is 5.95 Å². The number of methoxy groups -OCH3 is 2. The van der Waals surface area contributed by atoms with Crippen LogP contribution in [-0.2, 0) is 16.1 Å². The van der Waals surface area contributed by atoms with Gasteiger partial charge in [-0.2, -0.15) is 0 Å². The number of aromatic nitrogens is 4. The van der Waals surface area contributed by atoms with Gasteiger partial charge >= 0.3 is 0 Å². The molecule has 1 fully saturated rings. The number of pyridine rings is 2. The van der Waals surface area contributed by atoms with E-state index >= 15 is 0 Å². The van der Waals surface area contributed by atoms with Crippen LogP contribution in [0.25, 0.3) is 22.2 Å². The number of hydrogen-bond donors (Lipinski definition) is 2. The van der Waals surface area contributed by atoms with Crippen molar-refractivity contribution in [1.82, 2.24) is 29.7 Å². The van der Waals surface area contributed by atoms with Crippen LogP contribution in [-0.4, -0.2) is 81.6 Å². The molecule has 3 aromatic heterocycles. The standard InChI is InChI=1S/C28H33N7O3/c1-28(2,38-4)26(36)35-13-11-34(12-14-35)18-19-7-10-30-25(15-19)33-27-31-22-6-5-20(16-23(22)32-27)21-8-9-29-17-24(21)37-3/h5-10,15-17H,11-14,18H2,1-4H3,(H2,30,31,32,33). The molecule has 4 aromatic rings. The first-order chi connectivity index (χ1) is 18.4. The lowest BCUT2D eigenvalue weighted by Gasteiger charge is -2.38. The van der Waals surface area contributed by atoms with E-state index in [1.807, 2.05) is 55.1 Å². The fourth-order valence-corrected chi connectivity index (χ4v) is 4.62. The highest BCUT2D eigenvalue weighted by molar-refractivity contribution is 5.85. The van der Waals surface area contributed by atoms with E-state index in [9.17, 15) is 4.79 Å². The smallest absolute Gasteiger partial charge is 0.254 e. The molecule has 2 N–H and O–H groups in total. The van der Waals surface area contributed by atoms with Crippen molar-refractivity contribution in [3.63, 3.8) is 0 Å². The molecule has 0 bridgehead atoms. The number of anilines is 2. The topological polar surface area (TPSA) is 108 Å². The molecule has 0 saturated carbocycles. The van der Waals surface area contributed by atoms with Crippen molar-refractivity contribution in [3.8, 4) is 16.9 Å². The number of nitrogens with zero attached hydrogens (tertiary/aromatic N) is 5. The second-order valence-electron chi connectivity index (χ2n) is 9.85. The van der Waals surface area contributed by atoms with Crippen molar-refractivity contribution >= 4 is 28.7 Å². The largest absolute Gasteiger partial charge is 0.494 e. The van der Waals surface area contributed by atoms with Crippen LogP contribution < -0.4 is 10.1 Å². The summed E-state index contributed by atoms with van der Waals surface area (Å²) in [4.78, 5) is 33.5. The molecule has 38 heavy (non-hydrogen) atoms. The lowest BCUT2D eigenvalue weighted by Crippen LogP contribution is -2.54. The van der Waals surface area contributed by atoms with E-state index in [2.05, 4.69) is 30.2 Å². The summed E-state index contributed by atoms with van der Waals surface area (Å²) in [6.07, 6.45) is 5.26. The molecular formula is C28H33N7O3. The molecule has 0 unspecified atom stereocenters. The van der Waals surface area contributed by atoms with E-state index in [4.69, 9.17) is 9.47 Å². The Hall–Kier alpha value is -4.02. The van der Waals surface area contributed by atoms with E-state index in [-0.39, 0.29) is 5.91 Å². The maximum absolute atomic E-state index is 12.7. The predicted molar refractivity (Wildman–Crippen MR) is 146 cm³/mol. The summed E-state index contributed by atoms with van der Waals surface area (Å²) in [6.45, 7) is 7.40. The molecule has 10 nitrogen and oxygen atoms in total. The van der Waals surface area contributed by atoms with E-state index in [0.717, 1.165) is 53.1 Å². The molecule has 5 rings (SSSR count). The highest BCUT2D eigenvalue weighted by atomic mass is 16.5. The van der Waals surface area contributed by atoms with Crippen LogP contribution in [0.5, 0.6) is 5.75 Å². The van der Waals surface area contributed by atoms with E-state index in [0.29, 0.717) is 24.9 Å². The van der Waals surface area contributed by atoms with E-state index in [1.54, 1.807) is 32.8 Å². The maximum Gasteiger partial charge on any atom is 0.254 e. The Kier molecular flexibility index (Phi) is 7.26. The summed E-state index contributed by atoms with van der Waals surface area (Å²) >= 11 is 0. The highest BCUT2D eigenvalue weighted by Crippen LogP contribution is 2.31. The van der Waals surface area contributed by atoms with Gasteiger partial charge in [0, 0.05) is 57.8 Å².